The fourth-order valence-electron chi connectivity index (χ4n) is 4.25. The molecule has 0 unspecified atom stereocenters. The Morgan fingerprint density at radius 3 is 2.67 bits per heavy atom. The Kier molecular flexibility index (Phi) is 9.00. The first-order valence-electron chi connectivity index (χ1n) is 11.8. The van der Waals surface area contributed by atoms with Crippen LogP contribution in [-0.4, -0.2) is 44.2 Å². The van der Waals surface area contributed by atoms with Crippen LogP contribution in [0.25, 0.3) is 0 Å². The molecule has 1 aromatic carbocycles. The summed E-state index contributed by atoms with van der Waals surface area (Å²) in [5.41, 5.74) is 2.29. The van der Waals surface area contributed by atoms with Gasteiger partial charge in [-0.3, -0.25) is 9.59 Å². The van der Waals surface area contributed by atoms with Crippen LogP contribution >= 0.6 is 0 Å². The van der Waals surface area contributed by atoms with Crippen molar-refractivity contribution < 1.29 is 14.3 Å². The summed E-state index contributed by atoms with van der Waals surface area (Å²) in [6, 6.07) is 5.74. The molecular weight excluding hydrogens is 378 g/mol. The van der Waals surface area contributed by atoms with Gasteiger partial charge in [-0.15, -0.1) is 0 Å². The number of carbonyl (C=O) groups is 2. The van der Waals surface area contributed by atoms with Gasteiger partial charge in [-0.2, -0.15) is 0 Å². The van der Waals surface area contributed by atoms with E-state index in [0.717, 1.165) is 76.8 Å². The molecule has 6 heteroatoms. The number of hydrogen-bond donors (Lipinski definition) is 2. The monoisotopic (exact) mass is 415 g/mol. The Morgan fingerprint density at radius 1 is 1.10 bits per heavy atom. The Balaban J connectivity index is 1.67. The molecule has 3 rings (SSSR count). The molecule has 166 valence electrons. The van der Waals surface area contributed by atoms with E-state index in [-0.39, 0.29) is 17.9 Å². The summed E-state index contributed by atoms with van der Waals surface area (Å²) in [6.07, 6.45) is 10.5. The lowest BCUT2D eigenvalue weighted by Crippen LogP contribution is -2.35. The van der Waals surface area contributed by atoms with E-state index in [9.17, 15) is 9.59 Å². The third kappa shape index (κ3) is 6.73. The van der Waals surface area contributed by atoms with E-state index in [2.05, 4.69) is 22.5 Å². The van der Waals surface area contributed by atoms with Crippen molar-refractivity contribution in [2.75, 3.05) is 36.5 Å². The van der Waals surface area contributed by atoms with Crippen LogP contribution in [0.1, 0.15) is 81.5 Å². The van der Waals surface area contributed by atoms with Gasteiger partial charge in [0, 0.05) is 44.0 Å². The lowest BCUT2D eigenvalue weighted by atomic mass is 10.1. The number of piperidine rings is 1. The van der Waals surface area contributed by atoms with Gasteiger partial charge in [-0.1, -0.05) is 26.2 Å². The molecule has 0 radical (unpaired) electrons. The predicted octanol–water partition coefficient (Wildman–Crippen LogP) is 4.49. The second-order valence-corrected chi connectivity index (χ2v) is 8.48. The summed E-state index contributed by atoms with van der Waals surface area (Å²) in [4.78, 5) is 27.6. The van der Waals surface area contributed by atoms with Crippen LogP contribution in [0.5, 0.6) is 0 Å². The number of anilines is 2. The van der Waals surface area contributed by atoms with Gasteiger partial charge in [0.15, 0.2) is 0 Å². The zero-order chi connectivity index (χ0) is 21.2. The number of nitrogens with one attached hydrogen (secondary N) is 2. The van der Waals surface area contributed by atoms with Gasteiger partial charge in [-0.25, -0.2) is 0 Å². The third-order valence-corrected chi connectivity index (χ3v) is 5.99. The molecule has 1 aromatic rings. The Hall–Kier alpha value is -2.08. The fourth-order valence-corrected chi connectivity index (χ4v) is 4.25. The molecule has 30 heavy (non-hydrogen) atoms. The molecule has 0 aromatic heterocycles. The average Bonchev–Trinajstić information content (AvgIpc) is 3.29. The summed E-state index contributed by atoms with van der Waals surface area (Å²) in [5.74, 6) is -0.0762. The molecule has 0 bridgehead atoms. The lowest BCUT2D eigenvalue weighted by Gasteiger charge is -2.30. The van der Waals surface area contributed by atoms with Crippen molar-refractivity contribution in [2.24, 2.45) is 0 Å². The third-order valence-electron chi connectivity index (χ3n) is 5.99. The van der Waals surface area contributed by atoms with E-state index in [1.165, 1.54) is 6.42 Å². The van der Waals surface area contributed by atoms with Crippen molar-refractivity contribution >= 4 is 23.2 Å². The molecule has 2 saturated heterocycles. The zero-order valence-electron chi connectivity index (χ0n) is 18.4. The van der Waals surface area contributed by atoms with Crippen LogP contribution in [0.2, 0.25) is 0 Å². The maximum atomic E-state index is 13.0. The van der Waals surface area contributed by atoms with Crippen molar-refractivity contribution in [3.05, 3.63) is 23.8 Å². The van der Waals surface area contributed by atoms with Crippen LogP contribution in [-0.2, 0) is 9.53 Å². The number of unbranched alkanes of at least 4 members (excludes halogenated alkanes) is 3. The first-order valence-corrected chi connectivity index (χ1v) is 11.8. The second-order valence-electron chi connectivity index (χ2n) is 8.48. The molecule has 2 amide bonds. The SMILES string of the molecule is CCCCCCC(=O)Nc1ccc(N2CCCCC2)c(C(=O)NC[C@H]2CCCO2)c1. The molecule has 2 aliphatic rings. The van der Waals surface area contributed by atoms with Crippen LogP contribution in [0, 0.1) is 0 Å². The van der Waals surface area contributed by atoms with Gasteiger partial charge in [0.2, 0.25) is 5.91 Å². The number of hydrogen-bond acceptors (Lipinski definition) is 4. The number of ether oxygens (including phenoxy) is 1. The van der Waals surface area contributed by atoms with E-state index >= 15 is 0 Å². The largest absolute Gasteiger partial charge is 0.376 e. The standard InChI is InChI=1S/C24H37N3O3/c1-2-3-4-6-11-23(28)26-19-12-13-22(27-14-7-5-8-15-27)21(17-19)24(29)25-18-20-10-9-16-30-20/h12-13,17,20H,2-11,14-16,18H2,1H3,(H,25,29)(H,26,28)/t20-/m1/s1. The predicted molar refractivity (Wildman–Crippen MR) is 121 cm³/mol. The molecule has 0 aliphatic carbocycles. The van der Waals surface area contributed by atoms with Crippen molar-refractivity contribution in [1.82, 2.24) is 5.32 Å². The highest BCUT2D eigenvalue weighted by Crippen LogP contribution is 2.27. The summed E-state index contributed by atoms with van der Waals surface area (Å²) in [6.45, 7) is 5.41. The highest BCUT2D eigenvalue weighted by Gasteiger charge is 2.21. The lowest BCUT2D eigenvalue weighted by molar-refractivity contribution is -0.116. The van der Waals surface area contributed by atoms with Gasteiger partial charge < -0.3 is 20.3 Å². The smallest absolute Gasteiger partial charge is 0.253 e. The van der Waals surface area contributed by atoms with E-state index in [4.69, 9.17) is 4.74 Å². The number of rotatable bonds is 10. The van der Waals surface area contributed by atoms with Gasteiger partial charge in [0.1, 0.15) is 0 Å². The van der Waals surface area contributed by atoms with Crippen molar-refractivity contribution in [3.8, 4) is 0 Å². The van der Waals surface area contributed by atoms with Gasteiger partial charge in [-0.05, 0) is 56.7 Å². The highest BCUT2D eigenvalue weighted by atomic mass is 16.5. The summed E-state index contributed by atoms with van der Waals surface area (Å²) < 4.78 is 5.63. The van der Waals surface area contributed by atoms with E-state index in [1.807, 2.05) is 18.2 Å². The molecule has 0 spiro atoms. The number of nitrogens with zero attached hydrogens (tertiary/aromatic N) is 1. The molecule has 6 nitrogen and oxygen atoms in total. The normalized spacial score (nSPS) is 19.0. The van der Waals surface area contributed by atoms with Gasteiger partial charge >= 0.3 is 0 Å². The molecule has 1 atom stereocenters. The van der Waals surface area contributed by atoms with E-state index in [1.54, 1.807) is 0 Å². The minimum absolute atomic E-state index is 0.0162. The average molecular weight is 416 g/mol. The summed E-state index contributed by atoms with van der Waals surface area (Å²) in [7, 11) is 0. The van der Waals surface area contributed by atoms with E-state index < -0.39 is 0 Å². The van der Waals surface area contributed by atoms with Crippen LogP contribution in [0.15, 0.2) is 18.2 Å². The molecular formula is C24H37N3O3. The van der Waals surface area contributed by atoms with Crippen molar-refractivity contribution in [1.29, 1.82) is 0 Å². The van der Waals surface area contributed by atoms with Crippen LogP contribution in [0.3, 0.4) is 0 Å². The minimum Gasteiger partial charge on any atom is -0.376 e. The molecule has 2 fully saturated rings. The molecule has 2 heterocycles. The van der Waals surface area contributed by atoms with Gasteiger partial charge in [0.05, 0.1) is 11.7 Å². The molecule has 0 saturated carbocycles. The number of benzene rings is 1. The molecule has 2 N–H and O–H groups in total. The highest BCUT2D eigenvalue weighted by molar-refractivity contribution is 6.02. The van der Waals surface area contributed by atoms with E-state index in [0.29, 0.717) is 24.2 Å². The Labute approximate surface area is 180 Å². The Bertz CT molecular complexity index is 695. The first-order chi connectivity index (χ1) is 14.7. The zero-order valence-corrected chi connectivity index (χ0v) is 18.4. The summed E-state index contributed by atoms with van der Waals surface area (Å²) in [5, 5.41) is 6.03. The second kappa shape index (κ2) is 11.9. The van der Waals surface area contributed by atoms with Crippen molar-refractivity contribution in [2.45, 2.75) is 77.2 Å². The minimum atomic E-state index is -0.0925. The topological polar surface area (TPSA) is 70.7 Å². The summed E-state index contributed by atoms with van der Waals surface area (Å²) >= 11 is 0. The quantitative estimate of drug-likeness (QED) is 0.552. The van der Waals surface area contributed by atoms with Gasteiger partial charge in [0.25, 0.3) is 5.91 Å². The van der Waals surface area contributed by atoms with Crippen LogP contribution in [0.4, 0.5) is 11.4 Å². The van der Waals surface area contributed by atoms with Crippen molar-refractivity contribution in [3.63, 3.8) is 0 Å². The first kappa shape index (κ1) is 22.6. The number of carbonyl (C=O) groups excluding carboxylic acids is 2. The molecule has 2 aliphatic heterocycles. The fraction of sp³-hybridized carbons (Fsp3) is 0.667. The van der Waals surface area contributed by atoms with Crippen LogP contribution < -0.4 is 15.5 Å². The number of amides is 2. The maximum absolute atomic E-state index is 13.0. The maximum Gasteiger partial charge on any atom is 0.253 e. The Morgan fingerprint density at radius 2 is 1.93 bits per heavy atom.